The largest absolute Gasteiger partial charge is 0.352 e. The Balaban J connectivity index is 1.96. The van der Waals surface area contributed by atoms with Gasteiger partial charge >= 0.3 is 0 Å². The van der Waals surface area contributed by atoms with Crippen molar-refractivity contribution in [3.05, 3.63) is 78.4 Å². The maximum Gasteiger partial charge on any atom is 0.244 e. The number of nitrogens with zero attached hydrogens (tertiary/aromatic N) is 2. The van der Waals surface area contributed by atoms with Crippen molar-refractivity contribution < 1.29 is 18.0 Å². The number of nitrogens with one attached hydrogen (secondary N) is 1. The van der Waals surface area contributed by atoms with Crippen LogP contribution in [0.1, 0.15) is 39.2 Å². The number of benzene rings is 3. The second-order valence-electron chi connectivity index (χ2n) is 9.33. The van der Waals surface area contributed by atoms with Gasteiger partial charge in [0.05, 0.1) is 11.9 Å². The van der Waals surface area contributed by atoms with E-state index in [9.17, 15) is 18.0 Å². The molecule has 37 heavy (non-hydrogen) atoms. The molecule has 3 aromatic carbocycles. The lowest BCUT2D eigenvalue weighted by Gasteiger charge is -2.33. The van der Waals surface area contributed by atoms with E-state index in [-0.39, 0.29) is 11.9 Å². The Bertz CT molecular complexity index is 1310. The molecule has 0 unspecified atom stereocenters. The van der Waals surface area contributed by atoms with Crippen LogP contribution < -0.4 is 9.62 Å². The number of rotatable bonds is 12. The molecule has 0 aliphatic carbocycles. The van der Waals surface area contributed by atoms with Crippen LogP contribution in [-0.2, 0) is 26.0 Å². The fraction of sp³-hybridized carbons (Fsp3) is 0.379. The summed E-state index contributed by atoms with van der Waals surface area (Å²) in [6, 6.07) is 21.9. The van der Waals surface area contributed by atoms with Crippen LogP contribution in [0.2, 0.25) is 0 Å². The summed E-state index contributed by atoms with van der Waals surface area (Å²) in [5.41, 5.74) is 1.47. The van der Waals surface area contributed by atoms with E-state index >= 15 is 0 Å². The monoisotopic (exact) mass is 523 g/mol. The van der Waals surface area contributed by atoms with Crippen molar-refractivity contribution in [3.8, 4) is 0 Å². The second kappa shape index (κ2) is 12.7. The SMILES string of the molecule is CC[C@@H](C)NC(=O)[C@H](CC)N(CCc1ccccc1)C(=O)CN(c1cccc2ccccc12)S(C)(=O)=O. The fourth-order valence-corrected chi connectivity index (χ4v) is 5.22. The highest BCUT2D eigenvalue weighted by Crippen LogP contribution is 2.28. The molecular weight excluding hydrogens is 486 g/mol. The van der Waals surface area contributed by atoms with Crippen LogP contribution in [-0.4, -0.2) is 56.6 Å². The Morgan fingerprint density at radius 3 is 2.19 bits per heavy atom. The molecule has 0 fully saturated rings. The average Bonchev–Trinajstić information content (AvgIpc) is 2.89. The van der Waals surface area contributed by atoms with E-state index < -0.39 is 28.5 Å². The normalized spacial score (nSPS) is 13.1. The molecule has 8 heteroatoms. The summed E-state index contributed by atoms with van der Waals surface area (Å²) >= 11 is 0. The van der Waals surface area contributed by atoms with E-state index in [0.717, 1.165) is 33.3 Å². The van der Waals surface area contributed by atoms with E-state index in [1.807, 2.05) is 81.4 Å². The van der Waals surface area contributed by atoms with Gasteiger partial charge in [0, 0.05) is 18.0 Å². The van der Waals surface area contributed by atoms with Gasteiger partial charge in [-0.2, -0.15) is 0 Å². The molecule has 0 aliphatic rings. The Kier molecular flexibility index (Phi) is 9.69. The summed E-state index contributed by atoms with van der Waals surface area (Å²) in [6.07, 6.45) is 2.83. The zero-order valence-electron chi connectivity index (χ0n) is 22.1. The van der Waals surface area contributed by atoms with Crippen molar-refractivity contribution in [2.45, 2.75) is 52.1 Å². The fourth-order valence-electron chi connectivity index (χ4n) is 4.36. The first-order valence-corrected chi connectivity index (χ1v) is 14.6. The van der Waals surface area contributed by atoms with Crippen molar-refractivity contribution in [2.24, 2.45) is 0 Å². The van der Waals surface area contributed by atoms with Crippen molar-refractivity contribution in [3.63, 3.8) is 0 Å². The molecular formula is C29H37N3O4S. The summed E-state index contributed by atoms with van der Waals surface area (Å²) in [6.45, 7) is 5.67. The van der Waals surface area contributed by atoms with E-state index in [0.29, 0.717) is 25.1 Å². The lowest BCUT2D eigenvalue weighted by atomic mass is 10.1. The van der Waals surface area contributed by atoms with E-state index in [1.54, 1.807) is 12.1 Å². The second-order valence-corrected chi connectivity index (χ2v) is 11.2. The molecule has 0 radical (unpaired) electrons. The highest BCUT2D eigenvalue weighted by atomic mass is 32.2. The predicted octanol–water partition coefficient (Wildman–Crippen LogP) is 4.37. The van der Waals surface area contributed by atoms with Crippen molar-refractivity contribution in [1.82, 2.24) is 10.2 Å². The van der Waals surface area contributed by atoms with Crippen LogP contribution in [0.4, 0.5) is 5.69 Å². The molecule has 1 N–H and O–H groups in total. The lowest BCUT2D eigenvalue weighted by molar-refractivity contribution is -0.139. The van der Waals surface area contributed by atoms with E-state index in [2.05, 4.69) is 5.32 Å². The molecule has 7 nitrogen and oxygen atoms in total. The van der Waals surface area contributed by atoms with Crippen molar-refractivity contribution in [1.29, 1.82) is 0 Å². The predicted molar refractivity (Wildman–Crippen MR) is 150 cm³/mol. The molecule has 198 valence electrons. The van der Waals surface area contributed by atoms with Crippen LogP contribution >= 0.6 is 0 Å². The molecule has 2 amide bonds. The molecule has 0 heterocycles. The number of fused-ring (bicyclic) bond motifs is 1. The van der Waals surface area contributed by atoms with E-state index in [4.69, 9.17) is 0 Å². The van der Waals surface area contributed by atoms with Crippen molar-refractivity contribution >= 4 is 38.3 Å². The number of anilines is 1. The number of sulfonamides is 1. The van der Waals surface area contributed by atoms with Gasteiger partial charge in [0.15, 0.2) is 0 Å². The Morgan fingerprint density at radius 2 is 1.54 bits per heavy atom. The minimum absolute atomic E-state index is 0.0316. The maximum absolute atomic E-state index is 13.8. The summed E-state index contributed by atoms with van der Waals surface area (Å²) in [7, 11) is -3.80. The van der Waals surface area contributed by atoms with Gasteiger partial charge < -0.3 is 10.2 Å². The van der Waals surface area contributed by atoms with Gasteiger partial charge in [-0.15, -0.1) is 0 Å². The summed E-state index contributed by atoms with van der Waals surface area (Å²) in [5.74, 6) is -0.644. The summed E-state index contributed by atoms with van der Waals surface area (Å²) in [5, 5.41) is 4.60. The smallest absolute Gasteiger partial charge is 0.244 e. The number of amides is 2. The van der Waals surface area contributed by atoms with Crippen molar-refractivity contribution in [2.75, 3.05) is 23.7 Å². The van der Waals surface area contributed by atoms with Gasteiger partial charge in [-0.05, 0) is 43.2 Å². The Labute approximate surface area is 220 Å². The summed E-state index contributed by atoms with van der Waals surface area (Å²) < 4.78 is 27.0. The molecule has 0 aliphatic heterocycles. The van der Waals surface area contributed by atoms with Gasteiger partial charge in [-0.3, -0.25) is 13.9 Å². The standard InChI is InChI=1S/C29H37N3O4S/c1-5-22(3)30-29(34)26(6-2)31(20-19-23-13-8-7-9-14-23)28(33)21-32(37(4,35)36)27-18-12-16-24-15-10-11-17-25(24)27/h7-18,22,26H,5-6,19-21H2,1-4H3,(H,30,34)/t22-,26+/m1/s1. The van der Waals surface area contributed by atoms with Crippen LogP contribution in [0.5, 0.6) is 0 Å². The van der Waals surface area contributed by atoms with Gasteiger partial charge in [0.2, 0.25) is 21.8 Å². The quantitative estimate of drug-likeness (QED) is 0.382. The zero-order chi connectivity index (χ0) is 27.0. The highest BCUT2D eigenvalue weighted by molar-refractivity contribution is 7.92. The minimum Gasteiger partial charge on any atom is -0.352 e. The maximum atomic E-state index is 13.8. The molecule has 3 rings (SSSR count). The van der Waals surface area contributed by atoms with Crippen LogP contribution in [0.15, 0.2) is 72.8 Å². The van der Waals surface area contributed by atoms with Gasteiger partial charge in [-0.25, -0.2) is 8.42 Å². The summed E-state index contributed by atoms with van der Waals surface area (Å²) in [4.78, 5) is 28.6. The molecule has 0 saturated heterocycles. The third-order valence-electron chi connectivity index (χ3n) is 6.59. The number of carbonyl (C=O) groups is 2. The van der Waals surface area contributed by atoms with Crippen LogP contribution in [0.25, 0.3) is 10.8 Å². The first-order chi connectivity index (χ1) is 17.7. The van der Waals surface area contributed by atoms with Crippen LogP contribution in [0.3, 0.4) is 0 Å². The molecule has 3 aromatic rings. The third kappa shape index (κ3) is 7.32. The number of hydrogen-bond donors (Lipinski definition) is 1. The van der Waals surface area contributed by atoms with Gasteiger partial charge in [0.1, 0.15) is 12.6 Å². The highest BCUT2D eigenvalue weighted by Gasteiger charge is 2.32. The first-order valence-electron chi connectivity index (χ1n) is 12.7. The number of hydrogen-bond acceptors (Lipinski definition) is 4. The average molecular weight is 524 g/mol. The Morgan fingerprint density at radius 1 is 0.892 bits per heavy atom. The molecule has 0 spiro atoms. The topological polar surface area (TPSA) is 86.8 Å². The Hall–Kier alpha value is -3.39. The lowest BCUT2D eigenvalue weighted by Crippen LogP contribution is -2.54. The van der Waals surface area contributed by atoms with Crippen LogP contribution in [0, 0.1) is 0 Å². The van der Waals surface area contributed by atoms with Gasteiger partial charge in [-0.1, -0.05) is 80.6 Å². The molecule has 0 bridgehead atoms. The molecule has 2 atom stereocenters. The van der Waals surface area contributed by atoms with E-state index in [1.165, 1.54) is 4.90 Å². The first kappa shape index (κ1) is 28.2. The zero-order valence-corrected chi connectivity index (χ0v) is 22.9. The van der Waals surface area contributed by atoms with Gasteiger partial charge in [0.25, 0.3) is 0 Å². The number of carbonyl (C=O) groups excluding carboxylic acids is 2. The minimum atomic E-state index is -3.80. The molecule has 0 aromatic heterocycles. The molecule has 0 saturated carbocycles. The third-order valence-corrected chi connectivity index (χ3v) is 7.71.